The van der Waals surface area contributed by atoms with Gasteiger partial charge in [0.2, 0.25) is 5.91 Å². The molecule has 0 radical (unpaired) electrons. The Morgan fingerprint density at radius 3 is 2.16 bits per heavy atom. The third-order valence-electron chi connectivity index (χ3n) is 4.20. The van der Waals surface area contributed by atoms with Crippen LogP contribution in [0.5, 0.6) is 0 Å². The van der Waals surface area contributed by atoms with E-state index < -0.39 is 0 Å². The zero-order chi connectivity index (χ0) is 14.2. The van der Waals surface area contributed by atoms with Crippen LogP contribution in [0.15, 0.2) is 12.1 Å². The van der Waals surface area contributed by atoms with Crippen molar-refractivity contribution in [3.63, 3.8) is 0 Å². The number of aryl methyl sites for hydroxylation is 2. The van der Waals surface area contributed by atoms with Crippen molar-refractivity contribution in [2.24, 2.45) is 0 Å². The molecule has 0 heterocycles. The summed E-state index contributed by atoms with van der Waals surface area (Å²) >= 11 is 0. The Balaban J connectivity index is 2.24. The van der Waals surface area contributed by atoms with E-state index >= 15 is 0 Å². The Hall–Kier alpha value is -0.950. The van der Waals surface area contributed by atoms with E-state index in [0.29, 0.717) is 0 Å². The lowest BCUT2D eigenvalue weighted by atomic mass is 9.83. The maximum Gasteiger partial charge on any atom is 0.234 e. The van der Waals surface area contributed by atoms with Crippen LogP contribution in [-0.2, 0) is 4.79 Å². The molecule has 1 aliphatic rings. The minimum Gasteiger partial charge on any atom is -0.325 e. The molecular formula is C15H21FNOP. The summed E-state index contributed by atoms with van der Waals surface area (Å²) in [5.74, 6) is -0.132. The Labute approximate surface area is 115 Å². The van der Waals surface area contributed by atoms with Gasteiger partial charge in [-0.2, -0.15) is 0 Å². The van der Waals surface area contributed by atoms with Gasteiger partial charge >= 0.3 is 0 Å². The minimum atomic E-state index is -0.306. The van der Waals surface area contributed by atoms with Crippen LogP contribution in [0.25, 0.3) is 0 Å². The number of carbonyl (C=O) groups is 1. The van der Waals surface area contributed by atoms with Crippen LogP contribution in [-0.4, -0.2) is 24.4 Å². The zero-order valence-corrected chi connectivity index (χ0v) is 12.9. The van der Waals surface area contributed by atoms with Crippen molar-refractivity contribution in [1.82, 2.24) is 0 Å². The molecule has 1 amide bonds. The first-order valence-electron chi connectivity index (χ1n) is 6.62. The highest BCUT2D eigenvalue weighted by Gasteiger charge is 2.46. The third-order valence-corrected chi connectivity index (χ3v) is 6.56. The Morgan fingerprint density at radius 2 is 1.79 bits per heavy atom. The molecule has 0 atom stereocenters. The molecule has 0 aliphatic heterocycles. The van der Waals surface area contributed by atoms with Crippen molar-refractivity contribution in [2.45, 2.75) is 38.3 Å². The van der Waals surface area contributed by atoms with Crippen LogP contribution in [0.3, 0.4) is 0 Å². The molecule has 1 aliphatic carbocycles. The monoisotopic (exact) mass is 281 g/mol. The predicted octanol–water partition coefficient (Wildman–Crippen LogP) is 4.05. The van der Waals surface area contributed by atoms with Crippen molar-refractivity contribution >= 4 is 19.5 Å². The standard InChI is InChI=1S/C15H21FNOP/c1-10-8-12(16)9-11(2)13(10)17-14(18)15(19(3)4)6-5-7-15/h8-9H,5-7H2,1-4H3,(H,17,18). The Kier molecular flexibility index (Phi) is 3.96. The van der Waals surface area contributed by atoms with Crippen molar-refractivity contribution in [2.75, 3.05) is 18.6 Å². The smallest absolute Gasteiger partial charge is 0.234 e. The van der Waals surface area contributed by atoms with Gasteiger partial charge in [0.05, 0.1) is 5.16 Å². The number of nitrogens with one attached hydrogen (secondary N) is 1. The molecule has 1 fully saturated rings. The molecule has 2 nitrogen and oxygen atoms in total. The van der Waals surface area contributed by atoms with Crippen molar-refractivity contribution < 1.29 is 9.18 Å². The molecule has 19 heavy (non-hydrogen) atoms. The lowest BCUT2D eigenvalue weighted by Crippen LogP contribution is -2.46. The molecule has 1 saturated carbocycles. The zero-order valence-electron chi connectivity index (χ0n) is 12.0. The fourth-order valence-electron chi connectivity index (χ4n) is 2.73. The fourth-order valence-corrected chi connectivity index (χ4v) is 4.40. The number of hydrogen-bond donors (Lipinski definition) is 1. The molecule has 1 aromatic rings. The van der Waals surface area contributed by atoms with Gasteiger partial charge in [-0.15, -0.1) is 0 Å². The molecule has 0 spiro atoms. The molecule has 0 aromatic heterocycles. The number of rotatable bonds is 3. The average Bonchev–Trinajstić information content (AvgIpc) is 2.20. The molecule has 1 aromatic carbocycles. The van der Waals surface area contributed by atoms with Gasteiger partial charge in [-0.3, -0.25) is 4.79 Å². The summed E-state index contributed by atoms with van der Waals surface area (Å²) in [6.45, 7) is 8.00. The number of benzene rings is 1. The highest BCUT2D eigenvalue weighted by molar-refractivity contribution is 7.59. The van der Waals surface area contributed by atoms with Gasteiger partial charge in [0.25, 0.3) is 0 Å². The van der Waals surface area contributed by atoms with Crippen LogP contribution in [0, 0.1) is 19.7 Å². The summed E-state index contributed by atoms with van der Waals surface area (Å²) in [6, 6.07) is 2.94. The van der Waals surface area contributed by atoms with E-state index in [2.05, 4.69) is 18.6 Å². The molecule has 0 unspecified atom stereocenters. The molecule has 2 rings (SSSR count). The van der Waals surface area contributed by atoms with Crippen molar-refractivity contribution in [3.8, 4) is 0 Å². The van der Waals surface area contributed by atoms with Gasteiger partial charge < -0.3 is 5.32 Å². The van der Waals surface area contributed by atoms with E-state index in [4.69, 9.17) is 0 Å². The second kappa shape index (κ2) is 5.20. The number of carbonyl (C=O) groups excluding carboxylic acids is 1. The summed E-state index contributed by atoms with van der Waals surface area (Å²) in [5, 5.41) is 2.88. The Bertz CT molecular complexity index is 486. The molecule has 4 heteroatoms. The van der Waals surface area contributed by atoms with Crippen molar-refractivity contribution in [1.29, 1.82) is 0 Å². The van der Waals surface area contributed by atoms with Crippen LogP contribution < -0.4 is 5.32 Å². The summed E-state index contributed by atoms with van der Waals surface area (Å²) in [6.07, 6.45) is 3.10. The second-order valence-corrected chi connectivity index (χ2v) is 8.29. The minimum absolute atomic E-state index is 0.118. The largest absolute Gasteiger partial charge is 0.325 e. The highest BCUT2D eigenvalue weighted by atomic mass is 31.1. The lowest BCUT2D eigenvalue weighted by molar-refractivity contribution is -0.120. The quantitative estimate of drug-likeness (QED) is 0.832. The average molecular weight is 281 g/mol. The molecule has 1 N–H and O–H groups in total. The maximum absolute atomic E-state index is 13.3. The maximum atomic E-state index is 13.3. The molecule has 0 bridgehead atoms. The van der Waals surface area contributed by atoms with Gasteiger partial charge in [0.15, 0.2) is 0 Å². The summed E-state index contributed by atoms with van der Waals surface area (Å²) in [4.78, 5) is 12.6. The molecule has 0 saturated heterocycles. The van der Waals surface area contributed by atoms with Gasteiger partial charge in [-0.05, 0) is 63.3 Å². The molecular weight excluding hydrogens is 260 g/mol. The number of anilines is 1. The lowest BCUT2D eigenvalue weighted by Gasteiger charge is -2.44. The molecule has 104 valence electrons. The summed E-state index contributed by atoms with van der Waals surface area (Å²) < 4.78 is 13.3. The van der Waals surface area contributed by atoms with Crippen molar-refractivity contribution in [3.05, 3.63) is 29.1 Å². The number of hydrogen-bond acceptors (Lipinski definition) is 1. The first-order valence-corrected chi connectivity index (χ1v) is 8.86. The van der Waals surface area contributed by atoms with E-state index in [9.17, 15) is 9.18 Å². The van der Waals surface area contributed by atoms with Crippen LogP contribution in [0.1, 0.15) is 30.4 Å². The highest BCUT2D eigenvalue weighted by Crippen LogP contribution is 2.56. The van der Waals surface area contributed by atoms with E-state index in [-0.39, 0.29) is 24.8 Å². The predicted molar refractivity (Wildman–Crippen MR) is 79.9 cm³/mol. The number of halogens is 1. The normalized spacial score (nSPS) is 17.2. The SMILES string of the molecule is Cc1cc(F)cc(C)c1NC(=O)C1(P(C)C)CCC1. The second-order valence-electron chi connectivity index (χ2n) is 5.65. The van der Waals surface area contributed by atoms with E-state index in [1.165, 1.54) is 12.1 Å². The fraction of sp³-hybridized carbons (Fsp3) is 0.533. The first kappa shape index (κ1) is 14.5. The Morgan fingerprint density at radius 1 is 1.26 bits per heavy atom. The third kappa shape index (κ3) is 2.53. The van der Waals surface area contributed by atoms with Crippen LogP contribution in [0.4, 0.5) is 10.1 Å². The number of amides is 1. The van der Waals surface area contributed by atoms with Crippen LogP contribution in [0.2, 0.25) is 0 Å². The van der Waals surface area contributed by atoms with E-state index in [0.717, 1.165) is 36.1 Å². The van der Waals surface area contributed by atoms with Gasteiger partial charge in [-0.25, -0.2) is 4.39 Å². The van der Waals surface area contributed by atoms with E-state index in [1.807, 2.05) is 13.8 Å². The van der Waals surface area contributed by atoms with E-state index in [1.54, 1.807) is 0 Å². The summed E-state index contributed by atoms with van der Waals surface area (Å²) in [5.41, 5.74) is 2.35. The van der Waals surface area contributed by atoms with Gasteiger partial charge in [0, 0.05) is 5.69 Å². The topological polar surface area (TPSA) is 29.1 Å². The van der Waals surface area contributed by atoms with Crippen LogP contribution >= 0.6 is 7.92 Å². The first-order chi connectivity index (χ1) is 8.86. The van der Waals surface area contributed by atoms with Gasteiger partial charge in [-0.1, -0.05) is 14.3 Å². The van der Waals surface area contributed by atoms with Gasteiger partial charge in [0.1, 0.15) is 5.82 Å². The summed E-state index contributed by atoms with van der Waals surface area (Å²) in [7, 11) is -0.306.